The van der Waals surface area contributed by atoms with Crippen molar-refractivity contribution in [2.24, 2.45) is 0 Å². The number of nitrogens with zero attached hydrogens (tertiary/aromatic N) is 2. The zero-order chi connectivity index (χ0) is 11.0. The molecule has 0 aromatic carbocycles. The molecule has 5 nitrogen and oxygen atoms in total. The van der Waals surface area contributed by atoms with Gasteiger partial charge >= 0.3 is 0 Å². The molecule has 1 saturated heterocycles. The van der Waals surface area contributed by atoms with Crippen molar-refractivity contribution in [3.8, 4) is 0 Å². The van der Waals surface area contributed by atoms with Crippen molar-refractivity contribution >= 4 is 11.6 Å². The van der Waals surface area contributed by atoms with E-state index in [-0.39, 0.29) is 5.91 Å². The number of anilines is 1. The zero-order valence-electron chi connectivity index (χ0n) is 9.08. The topological polar surface area (TPSA) is 75.0 Å². The maximum absolute atomic E-state index is 12.1. The van der Waals surface area contributed by atoms with E-state index < -0.39 is 0 Å². The fraction of sp³-hybridized carbons (Fsp3) is 0.600. The van der Waals surface area contributed by atoms with Gasteiger partial charge in [0.15, 0.2) is 5.69 Å². The molecule has 1 fully saturated rings. The molecule has 0 aliphatic carbocycles. The molecule has 2 rings (SSSR count). The Kier molecular flexibility index (Phi) is 2.38. The summed E-state index contributed by atoms with van der Waals surface area (Å²) in [7, 11) is 0. The highest BCUT2D eigenvalue weighted by Gasteiger charge is 2.28. The third-order valence-electron chi connectivity index (χ3n) is 3.01. The molecule has 0 radical (unpaired) electrons. The molecule has 1 aromatic heterocycles. The van der Waals surface area contributed by atoms with Crippen LogP contribution in [0.4, 0.5) is 5.69 Å². The second-order valence-corrected chi connectivity index (χ2v) is 4.10. The minimum absolute atomic E-state index is 0.0538. The summed E-state index contributed by atoms with van der Waals surface area (Å²) >= 11 is 0. The number of carbonyl (C=O) groups excluding carboxylic acids is 1. The van der Waals surface area contributed by atoms with Crippen LogP contribution in [0.3, 0.4) is 0 Å². The first kappa shape index (κ1) is 10.0. The van der Waals surface area contributed by atoms with Gasteiger partial charge in [0.25, 0.3) is 5.91 Å². The monoisotopic (exact) mass is 208 g/mol. The molecule has 0 bridgehead atoms. The van der Waals surface area contributed by atoms with Crippen LogP contribution < -0.4 is 5.73 Å². The van der Waals surface area contributed by atoms with Crippen LogP contribution in [0.5, 0.6) is 0 Å². The highest BCUT2D eigenvalue weighted by atomic mass is 16.2. The molecule has 1 unspecified atom stereocenters. The first-order valence-electron chi connectivity index (χ1n) is 5.22. The Labute approximate surface area is 88.6 Å². The molecule has 1 amide bonds. The third kappa shape index (κ3) is 1.58. The Bertz CT molecular complexity index is 385. The molecule has 1 aliphatic heterocycles. The standard InChI is InChI=1S/C10H16N4O/c1-6-4-3-5-14(6)10(15)9-8(11)7(2)12-13-9/h6H,3-5,11H2,1-2H3,(H,12,13). The summed E-state index contributed by atoms with van der Waals surface area (Å²) in [5.74, 6) is -0.0538. The maximum atomic E-state index is 12.1. The fourth-order valence-corrected chi connectivity index (χ4v) is 1.97. The second kappa shape index (κ2) is 3.56. The van der Waals surface area contributed by atoms with Crippen molar-refractivity contribution in [1.82, 2.24) is 15.1 Å². The number of aromatic amines is 1. The summed E-state index contributed by atoms with van der Waals surface area (Å²) in [6.45, 7) is 4.68. The van der Waals surface area contributed by atoms with Gasteiger partial charge in [0.2, 0.25) is 0 Å². The average Bonchev–Trinajstić information content (AvgIpc) is 2.75. The summed E-state index contributed by atoms with van der Waals surface area (Å²) in [5.41, 5.74) is 7.36. The number of nitrogen functional groups attached to an aromatic ring is 1. The molecular formula is C10H16N4O. The Morgan fingerprint density at radius 1 is 1.67 bits per heavy atom. The highest BCUT2D eigenvalue weighted by molar-refractivity contribution is 5.97. The molecular weight excluding hydrogens is 192 g/mol. The van der Waals surface area contributed by atoms with Crippen LogP contribution in [-0.2, 0) is 0 Å². The fourth-order valence-electron chi connectivity index (χ4n) is 1.97. The van der Waals surface area contributed by atoms with Gasteiger partial charge in [-0.1, -0.05) is 0 Å². The van der Waals surface area contributed by atoms with E-state index in [4.69, 9.17) is 5.73 Å². The number of nitrogens with two attached hydrogens (primary N) is 1. The van der Waals surface area contributed by atoms with Gasteiger partial charge in [0.05, 0.1) is 11.4 Å². The Morgan fingerprint density at radius 3 is 2.87 bits per heavy atom. The summed E-state index contributed by atoms with van der Waals surface area (Å²) in [6, 6.07) is 0.300. The Morgan fingerprint density at radius 2 is 2.40 bits per heavy atom. The summed E-state index contributed by atoms with van der Waals surface area (Å²) in [6.07, 6.45) is 2.13. The van der Waals surface area contributed by atoms with Gasteiger partial charge in [-0.05, 0) is 26.7 Å². The van der Waals surface area contributed by atoms with Gasteiger partial charge in [-0.15, -0.1) is 0 Å². The van der Waals surface area contributed by atoms with Crippen molar-refractivity contribution < 1.29 is 4.79 Å². The molecule has 0 saturated carbocycles. The molecule has 1 aromatic rings. The van der Waals surface area contributed by atoms with E-state index in [0.29, 0.717) is 17.4 Å². The molecule has 1 atom stereocenters. The zero-order valence-corrected chi connectivity index (χ0v) is 9.08. The van der Waals surface area contributed by atoms with Gasteiger partial charge in [0.1, 0.15) is 0 Å². The van der Waals surface area contributed by atoms with E-state index in [1.165, 1.54) is 0 Å². The van der Waals surface area contributed by atoms with E-state index in [2.05, 4.69) is 17.1 Å². The molecule has 15 heavy (non-hydrogen) atoms. The Balaban J connectivity index is 2.24. The van der Waals surface area contributed by atoms with Gasteiger partial charge < -0.3 is 10.6 Å². The number of nitrogens with one attached hydrogen (secondary N) is 1. The van der Waals surface area contributed by atoms with Gasteiger partial charge in [-0.3, -0.25) is 9.89 Å². The maximum Gasteiger partial charge on any atom is 0.276 e. The number of likely N-dealkylation sites (tertiary alicyclic amines) is 1. The summed E-state index contributed by atoms with van der Waals surface area (Å²) in [4.78, 5) is 13.9. The number of hydrogen-bond acceptors (Lipinski definition) is 3. The van der Waals surface area contributed by atoms with Crippen LogP contribution in [0, 0.1) is 6.92 Å². The lowest BCUT2D eigenvalue weighted by molar-refractivity contribution is 0.0742. The number of rotatable bonds is 1. The quantitative estimate of drug-likeness (QED) is 0.720. The number of aryl methyl sites for hydroxylation is 1. The number of carbonyl (C=O) groups is 1. The predicted molar refractivity (Wildman–Crippen MR) is 57.5 cm³/mol. The second-order valence-electron chi connectivity index (χ2n) is 4.10. The van der Waals surface area contributed by atoms with Crippen molar-refractivity contribution in [2.75, 3.05) is 12.3 Å². The number of aromatic nitrogens is 2. The van der Waals surface area contributed by atoms with E-state index in [1.807, 2.05) is 11.8 Å². The van der Waals surface area contributed by atoms with E-state index in [9.17, 15) is 4.79 Å². The minimum Gasteiger partial charge on any atom is -0.395 e. The van der Waals surface area contributed by atoms with Gasteiger partial charge in [-0.2, -0.15) is 5.10 Å². The third-order valence-corrected chi connectivity index (χ3v) is 3.01. The first-order chi connectivity index (χ1) is 7.11. The minimum atomic E-state index is -0.0538. The predicted octanol–water partition coefficient (Wildman–Crippen LogP) is 0.925. The molecule has 82 valence electrons. The number of H-pyrrole nitrogens is 1. The highest BCUT2D eigenvalue weighted by Crippen LogP contribution is 2.22. The van der Waals surface area contributed by atoms with Crippen molar-refractivity contribution in [3.05, 3.63) is 11.4 Å². The van der Waals surface area contributed by atoms with E-state index in [1.54, 1.807) is 0 Å². The van der Waals surface area contributed by atoms with Crippen LogP contribution in [0.25, 0.3) is 0 Å². The van der Waals surface area contributed by atoms with Gasteiger partial charge in [0, 0.05) is 12.6 Å². The molecule has 0 spiro atoms. The lowest BCUT2D eigenvalue weighted by Crippen LogP contribution is -2.34. The lowest BCUT2D eigenvalue weighted by Gasteiger charge is -2.20. The number of amides is 1. The van der Waals surface area contributed by atoms with Crippen molar-refractivity contribution in [1.29, 1.82) is 0 Å². The molecule has 5 heteroatoms. The SMILES string of the molecule is Cc1[nH]nc(C(=O)N2CCCC2C)c1N. The summed E-state index contributed by atoms with van der Waals surface area (Å²) < 4.78 is 0. The van der Waals surface area contributed by atoms with Crippen LogP contribution in [0.15, 0.2) is 0 Å². The van der Waals surface area contributed by atoms with Crippen LogP contribution in [0.1, 0.15) is 35.9 Å². The first-order valence-corrected chi connectivity index (χ1v) is 5.22. The average molecular weight is 208 g/mol. The Hall–Kier alpha value is -1.52. The normalized spacial score (nSPS) is 20.9. The smallest absolute Gasteiger partial charge is 0.276 e. The van der Waals surface area contributed by atoms with Crippen molar-refractivity contribution in [2.45, 2.75) is 32.7 Å². The molecule has 1 aliphatic rings. The van der Waals surface area contributed by atoms with Gasteiger partial charge in [-0.25, -0.2) is 0 Å². The van der Waals surface area contributed by atoms with Crippen molar-refractivity contribution in [3.63, 3.8) is 0 Å². The molecule has 3 N–H and O–H groups in total. The summed E-state index contributed by atoms with van der Waals surface area (Å²) in [5, 5.41) is 6.69. The number of hydrogen-bond donors (Lipinski definition) is 2. The van der Waals surface area contributed by atoms with Crippen LogP contribution in [-0.4, -0.2) is 33.6 Å². The van der Waals surface area contributed by atoms with Crippen LogP contribution >= 0.6 is 0 Å². The van der Waals surface area contributed by atoms with E-state index in [0.717, 1.165) is 25.1 Å². The lowest BCUT2D eigenvalue weighted by atomic mass is 10.2. The largest absolute Gasteiger partial charge is 0.395 e. The van der Waals surface area contributed by atoms with E-state index >= 15 is 0 Å². The van der Waals surface area contributed by atoms with Crippen LogP contribution in [0.2, 0.25) is 0 Å². The molecule has 2 heterocycles.